The Bertz CT molecular complexity index is 371. The average molecular weight is 262 g/mol. The molecule has 74 valence electrons. The van der Waals surface area contributed by atoms with Gasteiger partial charge in [-0.3, -0.25) is 4.79 Å². The molecule has 0 radical (unpaired) electrons. The van der Waals surface area contributed by atoms with Gasteiger partial charge in [0, 0.05) is 4.47 Å². The maximum absolute atomic E-state index is 13.1. The maximum atomic E-state index is 13.1. The zero-order valence-electron chi connectivity index (χ0n) is 6.75. The van der Waals surface area contributed by atoms with Crippen molar-refractivity contribution < 1.29 is 19.1 Å². The minimum atomic E-state index is -1.23. The van der Waals surface area contributed by atoms with E-state index in [1.165, 1.54) is 6.07 Å². The van der Waals surface area contributed by atoms with E-state index in [0.29, 0.717) is 6.41 Å². The number of carboxylic acids is 1. The second kappa shape index (κ2) is 4.19. The second-order valence-corrected chi connectivity index (χ2v) is 3.24. The molecular weight excluding hydrogens is 257 g/mol. The van der Waals surface area contributed by atoms with Gasteiger partial charge < -0.3 is 10.4 Å². The third-order valence-corrected chi connectivity index (χ3v) is 2.12. The van der Waals surface area contributed by atoms with Crippen LogP contribution in [0.4, 0.5) is 10.1 Å². The fourth-order valence-corrected chi connectivity index (χ4v) is 1.44. The fraction of sp³-hybridized carbons (Fsp3) is 0. The highest BCUT2D eigenvalue weighted by Crippen LogP contribution is 2.26. The van der Waals surface area contributed by atoms with Crippen LogP contribution in [0.1, 0.15) is 10.4 Å². The molecule has 0 atom stereocenters. The van der Waals surface area contributed by atoms with Crippen LogP contribution in [-0.2, 0) is 4.79 Å². The van der Waals surface area contributed by atoms with Crippen LogP contribution >= 0.6 is 15.9 Å². The predicted molar refractivity (Wildman–Crippen MR) is 50.7 cm³/mol. The van der Waals surface area contributed by atoms with E-state index in [-0.39, 0.29) is 15.7 Å². The number of nitrogens with one attached hydrogen (secondary N) is 1. The first kappa shape index (κ1) is 10.6. The summed E-state index contributed by atoms with van der Waals surface area (Å²) in [6, 6.07) is 2.04. The van der Waals surface area contributed by atoms with Crippen LogP contribution < -0.4 is 5.32 Å². The van der Waals surface area contributed by atoms with Crippen molar-refractivity contribution in [3.8, 4) is 0 Å². The Labute approximate surface area is 86.9 Å². The van der Waals surface area contributed by atoms with Crippen molar-refractivity contribution in [1.82, 2.24) is 0 Å². The number of benzene rings is 1. The van der Waals surface area contributed by atoms with E-state index in [2.05, 4.69) is 21.2 Å². The SMILES string of the molecule is O=CNc1c(F)cc(C(=O)O)cc1Br. The van der Waals surface area contributed by atoms with Crippen molar-refractivity contribution in [2.75, 3.05) is 5.32 Å². The van der Waals surface area contributed by atoms with Crippen molar-refractivity contribution in [2.24, 2.45) is 0 Å². The molecule has 0 fully saturated rings. The summed E-state index contributed by atoms with van der Waals surface area (Å²) < 4.78 is 13.3. The van der Waals surface area contributed by atoms with Gasteiger partial charge in [-0.25, -0.2) is 9.18 Å². The zero-order chi connectivity index (χ0) is 10.7. The average Bonchev–Trinajstić information content (AvgIpc) is 2.10. The van der Waals surface area contributed by atoms with Crippen molar-refractivity contribution in [3.63, 3.8) is 0 Å². The molecule has 0 aliphatic carbocycles. The van der Waals surface area contributed by atoms with E-state index in [4.69, 9.17) is 5.11 Å². The Balaban J connectivity index is 3.24. The second-order valence-electron chi connectivity index (χ2n) is 2.38. The highest BCUT2D eigenvalue weighted by atomic mass is 79.9. The summed E-state index contributed by atoms with van der Waals surface area (Å²) in [5, 5.41) is 10.7. The Kier molecular flexibility index (Phi) is 3.19. The number of carbonyl (C=O) groups is 2. The van der Waals surface area contributed by atoms with Gasteiger partial charge in [0.25, 0.3) is 0 Å². The maximum Gasteiger partial charge on any atom is 0.335 e. The monoisotopic (exact) mass is 261 g/mol. The molecule has 0 saturated carbocycles. The topological polar surface area (TPSA) is 66.4 Å². The molecule has 0 aliphatic rings. The van der Waals surface area contributed by atoms with Gasteiger partial charge in [0.05, 0.1) is 11.3 Å². The zero-order valence-corrected chi connectivity index (χ0v) is 8.34. The van der Waals surface area contributed by atoms with Crippen molar-refractivity contribution >= 4 is 34.0 Å². The van der Waals surface area contributed by atoms with E-state index < -0.39 is 11.8 Å². The molecule has 6 heteroatoms. The molecule has 0 bridgehead atoms. The molecule has 0 heterocycles. The first-order chi connectivity index (χ1) is 6.56. The van der Waals surface area contributed by atoms with E-state index >= 15 is 0 Å². The Morgan fingerprint density at radius 3 is 2.64 bits per heavy atom. The molecule has 1 aromatic rings. The molecule has 4 nitrogen and oxygen atoms in total. The van der Waals surface area contributed by atoms with E-state index in [1.54, 1.807) is 0 Å². The third kappa shape index (κ3) is 2.08. The molecule has 1 aromatic carbocycles. The quantitative estimate of drug-likeness (QED) is 0.817. The molecule has 0 spiro atoms. The summed E-state index contributed by atoms with van der Waals surface area (Å²) in [4.78, 5) is 20.6. The van der Waals surface area contributed by atoms with Gasteiger partial charge in [-0.2, -0.15) is 0 Å². The van der Waals surface area contributed by atoms with Crippen molar-refractivity contribution in [1.29, 1.82) is 0 Å². The van der Waals surface area contributed by atoms with Gasteiger partial charge in [0.2, 0.25) is 6.41 Å². The third-order valence-electron chi connectivity index (χ3n) is 1.49. The van der Waals surface area contributed by atoms with E-state index in [1.807, 2.05) is 0 Å². The molecule has 0 unspecified atom stereocenters. The van der Waals surface area contributed by atoms with Crippen LogP contribution in [0, 0.1) is 5.82 Å². The number of halogens is 2. The van der Waals surface area contributed by atoms with Gasteiger partial charge in [-0.15, -0.1) is 0 Å². The Hall–Kier alpha value is -1.43. The minimum Gasteiger partial charge on any atom is -0.478 e. The lowest BCUT2D eigenvalue weighted by Gasteiger charge is -2.05. The molecule has 14 heavy (non-hydrogen) atoms. The number of aromatic carboxylic acids is 1. The van der Waals surface area contributed by atoms with Crippen molar-refractivity contribution in [3.05, 3.63) is 28.0 Å². The molecule has 0 saturated heterocycles. The van der Waals surface area contributed by atoms with Gasteiger partial charge >= 0.3 is 5.97 Å². The van der Waals surface area contributed by atoms with Crippen LogP contribution in [0.3, 0.4) is 0 Å². The van der Waals surface area contributed by atoms with E-state index in [9.17, 15) is 14.0 Å². The molecule has 1 rings (SSSR count). The van der Waals surface area contributed by atoms with Crippen molar-refractivity contribution in [2.45, 2.75) is 0 Å². The number of anilines is 1. The van der Waals surface area contributed by atoms with Gasteiger partial charge in [0.15, 0.2) is 0 Å². The molecule has 2 N–H and O–H groups in total. The Morgan fingerprint density at radius 1 is 1.57 bits per heavy atom. The number of carbonyl (C=O) groups excluding carboxylic acids is 1. The Morgan fingerprint density at radius 2 is 2.21 bits per heavy atom. The molecular formula is C8H5BrFNO3. The van der Waals surface area contributed by atoms with Gasteiger partial charge in [-0.1, -0.05) is 0 Å². The number of hydrogen-bond acceptors (Lipinski definition) is 2. The highest BCUT2D eigenvalue weighted by molar-refractivity contribution is 9.10. The summed E-state index contributed by atoms with van der Waals surface area (Å²) in [5.41, 5.74) is -0.268. The minimum absolute atomic E-state index is 0.0787. The summed E-state index contributed by atoms with van der Waals surface area (Å²) >= 11 is 2.94. The number of amides is 1. The highest BCUT2D eigenvalue weighted by Gasteiger charge is 2.12. The lowest BCUT2D eigenvalue weighted by atomic mass is 10.2. The van der Waals surface area contributed by atoms with Crippen LogP contribution in [0.15, 0.2) is 16.6 Å². The predicted octanol–water partition coefficient (Wildman–Crippen LogP) is 1.85. The van der Waals surface area contributed by atoms with Crippen LogP contribution in [0.25, 0.3) is 0 Å². The first-order valence-corrected chi connectivity index (χ1v) is 4.28. The summed E-state index contributed by atoms with van der Waals surface area (Å²) in [6.07, 6.45) is 0.309. The lowest BCUT2D eigenvalue weighted by molar-refractivity contribution is -0.105. The normalized spacial score (nSPS) is 9.57. The number of carboxylic acid groups (broad SMARTS) is 1. The van der Waals surface area contributed by atoms with Crippen LogP contribution in [0.5, 0.6) is 0 Å². The van der Waals surface area contributed by atoms with Gasteiger partial charge in [0.1, 0.15) is 5.82 Å². The number of hydrogen-bond donors (Lipinski definition) is 2. The van der Waals surface area contributed by atoms with Crippen LogP contribution in [0.2, 0.25) is 0 Å². The lowest BCUT2D eigenvalue weighted by Crippen LogP contribution is -2.02. The summed E-state index contributed by atoms with van der Waals surface area (Å²) in [5.74, 6) is -2.04. The van der Waals surface area contributed by atoms with E-state index in [0.717, 1.165) is 6.07 Å². The first-order valence-electron chi connectivity index (χ1n) is 3.48. The molecule has 0 aromatic heterocycles. The molecule has 1 amide bonds. The fourth-order valence-electron chi connectivity index (χ4n) is 0.893. The number of rotatable bonds is 3. The summed E-state index contributed by atoms with van der Waals surface area (Å²) in [7, 11) is 0. The van der Waals surface area contributed by atoms with Crippen LogP contribution in [-0.4, -0.2) is 17.5 Å². The standard InChI is InChI=1S/C8H5BrFNO3/c9-5-1-4(8(13)14)2-6(10)7(5)11-3-12/h1-3H,(H,11,12)(H,13,14). The molecule has 0 aliphatic heterocycles. The van der Waals surface area contributed by atoms with Gasteiger partial charge in [-0.05, 0) is 28.1 Å². The summed E-state index contributed by atoms with van der Waals surface area (Å²) in [6.45, 7) is 0. The smallest absolute Gasteiger partial charge is 0.335 e. The largest absolute Gasteiger partial charge is 0.478 e.